The third-order valence-corrected chi connectivity index (χ3v) is 6.93. The molecule has 5 unspecified atom stereocenters. The fourth-order valence-corrected chi connectivity index (χ4v) is 6.19. The zero-order chi connectivity index (χ0) is 12.5. The van der Waals surface area contributed by atoms with E-state index in [9.17, 15) is 0 Å². The first-order chi connectivity index (χ1) is 9.31. The van der Waals surface area contributed by atoms with E-state index >= 15 is 0 Å². The molecule has 4 saturated carbocycles. The van der Waals surface area contributed by atoms with Crippen molar-refractivity contribution in [3.05, 3.63) is 35.9 Å². The van der Waals surface area contributed by atoms with Gasteiger partial charge in [-0.3, -0.25) is 0 Å². The number of nitrogens with one attached hydrogen (secondary N) is 1. The first kappa shape index (κ1) is 10.9. The molecule has 0 aromatic heterocycles. The molecule has 2 bridgehead atoms. The summed E-state index contributed by atoms with van der Waals surface area (Å²) in [5.41, 5.74) is 2.84. The first-order valence-electron chi connectivity index (χ1n) is 8.10. The van der Waals surface area contributed by atoms with Crippen molar-refractivity contribution >= 4 is 0 Å². The van der Waals surface area contributed by atoms with Crippen LogP contribution in [0.1, 0.15) is 37.7 Å². The lowest BCUT2D eigenvalue weighted by Gasteiger charge is -2.47. The standard InChI is InChI=1S/C18H23N/c1-2-4-13(5-3-1)6-7-19-18-10-14-8-15-11-17(18,12-18)16(15)9-14/h1-5,14-16,19H,6-12H2. The molecule has 1 aromatic carbocycles. The zero-order valence-corrected chi connectivity index (χ0v) is 11.6. The molecule has 4 aliphatic rings. The number of benzene rings is 1. The molecule has 4 aliphatic carbocycles. The van der Waals surface area contributed by atoms with Gasteiger partial charge in [0.2, 0.25) is 0 Å². The van der Waals surface area contributed by atoms with E-state index in [1.807, 2.05) is 0 Å². The van der Waals surface area contributed by atoms with E-state index in [1.54, 1.807) is 19.3 Å². The minimum absolute atomic E-state index is 0.586. The molecule has 19 heavy (non-hydrogen) atoms. The second-order valence-corrected chi connectivity index (χ2v) is 7.69. The van der Waals surface area contributed by atoms with E-state index in [0.29, 0.717) is 5.54 Å². The van der Waals surface area contributed by atoms with Gasteiger partial charge in [-0.1, -0.05) is 30.3 Å². The van der Waals surface area contributed by atoms with Crippen molar-refractivity contribution in [3.63, 3.8) is 0 Å². The predicted octanol–water partition coefficient (Wildman–Crippen LogP) is 3.40. The van der Waals surface area contributed by atoms with Gasteiger partial charge in [-0.25, -0.2) is 0 Å². The van der Waals surface area contributed by atoms with Crippen molar-refractivity contribution < 1.29 is 0 Å². The monoisotopic (exact) mass is 253 g/mol. The highest BCUT2D eigenvalue weighted by molar-refractivity contribution is 5.34. The summed E-state index contributed by atoms with van der Waals surface area (Å²) in [5, 5.41) is 4.00. The van der Waals surface area contributed by atoms with Crippen molar-refractivity contribution in [1.82, 2.24) is 5.32 Å². The first-order valence-corrected chi connectivity index (χ1v) is 8.10. The van der Waals surface area contributed by atoms with E-state index in [1.165, 1.54) is 31.4 Å². The summed E-state index contributed by atoms with van der Waals surface area (Å²) in [5.74, 6) is 3.32. The molecule has 0 saturated heterocycles. The lowest BCUT2D eigenvalue weighted by molar-refractivity contribution is 0.0372. The van der Waals surface area contributed by atoms with Crippen molar-refractivity contribution in [1.29, 1.82) is 0 Å². The minimum Gasteiger partial charge on any atom is -0.310 e. The number of hydrogen-bond acceptors (Lipinski definition) is 1. The van der Waals surface area contributed by atoms with Crippen LogP contribution >= 0.6 is 0 Å². The number of rotatable bonds is 4. The van der Waals surface area contributed by atoms with Crippen LogP contribution in [0.5, 0.6) is 0 Å². The molecule has 1 spiro atoms. The molecular formula is C18H23N. The highest BCUT2D eigenvalue weighted by atomic mass is 15.1. The predicted molar refractivity (Wildman–Crippen MR) is 76.9 cm³/mol. The molecule has 0 heterocycles. The minimum atomic E-state index is 0.586. The van der Waals surface area contributed by atoms with E-state index < -0.39 is 0 Å². The Labute approximate surface area is 115 Å². The van der Waals surface area contributed by atoms with Gasteiger partial charge < -0.3 is 5.32 Å². The second kappa shape index (κ2) is 3.44. The van der Waals surface area contributed by atoms with Gasteiger partial charge in [0.1, 0.15) is 0 Å². The van der Waals surface area contributed by atoms with E-state index in [0.717, 1.165) is 23.2 Å². The molecule has 5 atom stereocenters. The Balaban J connectivity index is 1.27. The van der Waals surface area contributed by atoms with Crippen LogP contribution in [0.4, 0.5) is 0 Å². The van der Waals surface area contributed by atoms with Crippen LogP contribution in [0.3, 0.4) is 0 Å². The van der Waals surface area contributed by atoms with Crippen LogP contribution in [0.2, 0.25) is 0 Å². The molecule has 0 radical (unpaired) electrons. The second-order valence-electron chi connectivity index (χ2n) is 7.69. The Morgan fingerprint density at radius 1 is 1.11 bits per heavy atom. The van der Waals surface area contributed by atoms with E-state index in [4.69, 9.17) is 0 Å². The average Bonchev–Trinajstić information content (AvgIpc) is 3.01. The molecule has 0 amide bonds. The van der Waals surface area contributed by atoms with Gasteiger partial charge in [0, 0.05) is 5.54 Å². The summed E-state index contributed by atoms with van der Waals surface area (Å²) in [7, 11) is 0. The Morgan fingerprint density at radius 3 is 2.89 bits per heavy atom. The Kier molecular flexibility index (Phi) is 1.97. The van der Waals surface area contributed by atoms with Crippen LogP contribution < -0.4 is 5.32 Å². The van der Waals surface area contributed by atoms with Gasteiger partial charge in [0.15, 0.2) is 0 Å². The molecule has 100 valence electrons. The van der Waals surface area contributed by atoms with Gasteiger partial charge in [-0.05, 0) is 73.8 Å². The summed E-state index contributed by atoms with van der Waals surface area (Å²) in [6.45, 7) is 1.18. The topological polar surface area (TPSA) is 12.0 Å². The molecule has 1 N–H and O–H groups in total. The molecule has 0 aliphatic heterocycles. The summed E-state index contributed by atoms with van der Waals surface area (Å²) >= 11 is 0. The van der Waals surface area contributed by atoms with Gasteiger partial charge in [-0.2, -0.15) is 0 Å². The summed E-state index contributed by atoms with van der Waals surface area (Å²) in [6, 6.07) is 10.9. The van der Waals surface area contributed by atoms with E-state index in [2.05, 4.69) is 35.6 Å². The smallest absolute Gasteiger partial charge is 0.0250 e. The quantitative estimate of drug-likeness (QED) is 0.867. The molecule has 5 rings (SSSR count). The maximum absolute atomic E-state index is 4.00. The van der Waals surface area contributed by atoms with Gasteiger partial charge in [0.25, 0.3) is 0 Å². The maximum Gasteiger partial charge on any atom is 0.0250 e. The Morgan fingerprint density at radius 2 is 2.00 bits per heavy atom. The third-order valence-electron chi connectivity index (χ3n) is 6.93. The van der Waals surface area contributed by atoms with Crippen LogP contribution in [0.15, 0.2) is 30.3 Å². The lowest BCUT2D eigenvalue weighted by atomic mass is 9.60. The molecular weight excluding hydrogens is 230 g/mol. The van der Waals surface area contributed by atoms with Gasteiger partial charge in [0.05, 0.1) is 0 Å². The highest BCUT2D eigenvalue weighted by Crippen LogP contribution is 2.82. The van der Waals surface area contributed by atoms with Crippen LogP contribution in [-0.4, -0.2) is 12.1 Å². The Bertz CT molecular complexity index is 510. The fraction of sp³-hybridized carbons (Fsp3) is 0.667. The Hall–Kier alpha value is -0.820. The molecule has 1 heteroatoms. The highest BCUT2D eigenvalue weighted by Gasteiger charge is 2.80. The normalized spacial score (nSPS) is 48.5. The largest absolute Gasteiger partial charge is 0.310 e. The van der Waals surface area contributed by atoms with Gasteiger partial charge in [-0.15, -0.1) is 0 Å². The number of hydrogen-bond donors (Lipinski definition) is 1. The average molecular weight is 253 g/mol. The lowest BCUT2D eigenvalue weighted by Crippen LogP contribution is -2.49. The van der Waals surface area contributed by atoms with Crippen molar-refractivity contribution in [2.45, 2.75) is 44.1 Å². The summed E-state index contributed by atoms with van der Waals surface area (Å²) < 4.78 is 0. The maximum atomic E-state index is 4.00. The summed E-state index contributed by atoms with van der Waals surface area (Å²) in [4.78, 5) is 0. The molecule has 1 nitrogen and oxygen atoms in total. The zero-order valence-electron chi connectivity index (χ0n) is 11.6. The van der Waals surface area contributed by atoms with Gasteiger partial charge >= 0.3 is 0 Å². The van der Waals surface area contributed by atoms with Crippen molar-refractivity contribution in [2.24, 2.45) is 23.2 Å². The van der Waals surface area contributed by atoms with Crippen molar-refractivity contribution in [2.75, 3.05) is 6.54 Å². The molecule has 4 fully saturated rings. The number of fused-ring (bicyclic) bond motifs is 1. The van der Waals surface area contributed by atoms with Crippen LogP contribution in [-0.2, 0) is 6.42 Å². The van der Waals surface area contributed by atoms with Crippen LogP contribution in [0, 0.1) is 23.2 Å². The summed E-state index contributed by atoms with van der Waals surface area (Å²) in [6.07, 6.45) is 8.90. The van der Waals surface area contributed by atoms with Crippen molar-refractivity contribution in [3.8, 4) is 0 Å². The SMILES string of the molecule is c1ccc(CCNC23CC4CC5CC2(C3)C5C4)cc1. The fourth-order valence-electron chi connectivity index (χ4n) is 6.19. The van der Waals surface area contributed by atoms with E-state index in [-0.39, 0.29) is 0 Å². The molecule has 1 aromatic rings. The third kappa shape index (κ3) is 1.30. The van der Waals surface area contributed by atoms with Crippen LogP contribution in [0.25, 0.3) is 0 Å².